The molecule has 0 bridgehead atoms. The maximum atomic E-state index is 12.5. The average Bonchev–Trinajstić information content (AvgIpc) is 2.47. The van der Waals surface area contributed by atoms with Gasteiger partial charge in [0.15, 0.2) is 0 Å². The smallest absolute Gasteiger partial charge is 0.332 e. The van der Waals surface area contributed by atoms with Crippen molar-refractivity contribution in [2.45, 2.75) is 4.90 Å². The summed E-state index contributed by atoms with van der Waals surface area (Å²) >= 11 is 0. The first kappa shape index (κ1) is 8.25. The average molecular weight is 199 g/mol. The molecule has 0 unspecified atom stereocenters. The van der Waals surface area contributed by atoms with Crippen molar-refractivity contribution < 1.29 is 12.3 Å². The molecule has 0 amide bonds. The van der Waals surface area contributed by atoms with Gasteiger partial charge in [0, 0.05) is 11.7 Å². The third-order valence-corrected chi connectivity index (χ3v) is 2.63. The van der Waals surface area contributed by atoms with Gasteiger partial charge in [0.2, 0.25) is 0 Å². The van der Waals surface area contributed by atoms with Crippen molar-refractivity contribution in [3.63, 3.8) is 0 Å². The van der Waals surface area contributed by atoms with Crippen LogP contribution in [0.1, 0.15) is 0 Å². The summed E-state index contributed by atoms with van der Waals surface area (Å²) in [5.41, 5.74) is 0.610. The number of hydrogen-bond donors (Lipinski definition) is 1. The summed E-state index contributed by atoms with van der Waals surface area (Å²) in [6, 6.07) is 5.85. The molecule has 1 N–H and O–H groups in total. The van der Waals surface area contributed by atoms with Crippen LogP contribution in [-0.2, 0) is 10.2 Å². The summed E-state index contributed by atoms with van der Waals surface area (Å²) in [5.74, 6) is 0. The van der Waals surface area contributed by atoms with Gasteiger partial charge in [-0.05, 0) is 23.6 Å². The maximum absolute atomic E-state index is 12.5. The van der Waals surface area contributed by atoms with Crippen LogP contribution < -0.4 is 0 Å². The Morgan fingerprint density at radius 1 is 1.23 bits per heavy atom. The number of aromatic nitrogens is 1. The van der Waals surface area contributed by atoms with Gasteiger partial charge in [-0.25, -0.2) is 0 Å². The Labute approximate surface area is 74.4 Å². The van der Waals surface area contributed by atoms with Crippen LogP contribution in [0.5, 0.6) is 0 Å². The van der Waals surface area contributed by atoms with E-state index in [1.165, 1.54) is 12.1 Å². The lowest BCUT2D eigenvalue weighted by Crippen LogP contribution is -1.90. The number of rotatable bonds is 1. The standard InChI is InChI=1S/C8H6FNO2S/c9-13(11,12)7-2-1-6-3-4-10-8(6)5-7/h1-5,10H. The highest BCUT2D eigenvalue weighted by molar-refractivity contribution is 7.86. The van der Waals surface area contributed by atoms with Gasteiger partial charge in [-0.2, -0.15) is 8.42 Å². The fourth-order valence-corrected chi connectivity index (χ4v) is 1.67. The van der Waals surface area contributed by atoms with Crippen LogP contribution >= 0.6 is 0 Å². The van der Waals surface area contributed by atoms with E-state index in [0.717, 1.165) is 5.39 Å². The molecular formula is C8H6FNO2S. The zero-order chi connectivity index (χ0) is 9.47. The van der Waals surface area contributed by atoms with Crippen molar-refractivity contribution in [2.24, 2.45) is 0 Å². The van der Waals surface area contributed by atoms with E-state index >= 15 is 0 Å². The second-order valence-electron chi connectivity index (χ2n) is 2.66. The highest BCUT2D eigenvalue weighted by atomic mass is 32.3. The zero-order valence-electron chi connectivity index (χ0n) is 6.49. The zero-order valence-corrected chi connectivity index (χ0v) is 7.31. The number of fused-ring (bicyclic) bond motifs is 1. The quantitative estimate of drug-likeness (QED) is 0.712. The first-order chi connectivity index (χ1) is 6.07. The highest BCUT2D eigenvalue weighted by Crippen LogP contribution is 2.18. The Balaban J connectivity index is 2.75. The van der Waals surface area contributed by atoms with Gasteiger partial charge in [-0.3, -0.25) is 0 Å². The molecule has 13 heavy (non-hydrogen) atoms. The van der Waals surface area contributed by atoms with Crippen molar-refractivity contribution in [3.05, 3.63) is 30.5 Å². The predicted octanol–water partition coefficient (Wildman–Crippen LogP) is 1.83. The van der Waals surface area contributed by atoms with E-state index in [-0.39, 0.29) is 4.90 Å². The van der Waals surface area contributed by atoms with Crippen molar-refractivity contribution in [1.82, 2.24) is 4.98 Å². The van der Waals surface area contributed by atoms with E-state index < -0.39 is 10.2 Å². The molecule has 0 saturated carbocycles. The lowest BCUT2D eigenvalue weighted by atomic mass is 10.2. The van der Waals surface area contributed by atoms with Crippen LogP contribution in [0.15, 0.2) is 35.4 Å². The number of H-pyrrole nitrogens is 1. The lowest BCUT2D eigenvalue weighted by molar-refractivity contribution is 0.552. The lowest BCUT2D eigenvalue weighted by Gasteiger charge is -1.94. The monoisotopic (exact) mass is 199 g/mol. The summed E-state index contributed by atoms with van der Waals surface area (Å²) in [6.45, 7) is 0. The molecule has 2 rings (SSSR count). The Kier molecular flexibility index (Phi) is 1.63. The van der Waals surface area contributed by atoms with Crippen LogP contribution in [0.25, 0.3) is 10.9 Å². The summed E-state index contributed by atoms with van der Waals surface area (Å²) in [4.78, 5) is 2.48. The minimum atomic E-state index is -4.59. The van der Waals surface area contributed by atoms with E-state index in [0.29, 0.717) is 5.52 Å². The second kappa shape index (κ2) is 2.56. The first-order valence-electron chi connectivity index (χ1n) is 3.59. The van der Waals surface area contributed by atoms with Crippen LogP contribution in [0.4, 0.5) is 3.89 Å². The second-order valence-corrected chi connectivity index (χ2v) is 4.01. The minimum Gasteiger partial charge on any atom is -0.361 e. The number of aromatic amines is 1. The summed E-state index contributed by atoms with van der Waals surface area (Å²) in [6.07, 6.45) is 1.67. The summed E-state index contributed by atoms with van der Waals surface area (Å²) in [5, 5.41) is 0.854. The maximum Gasteiger partial charge on any atom is 0.332 e. The first-order valence-corrected chi connectivity index (χ1v) is 4.97. The van der Waals surface area contributed by atoms with E-state index in [4.69, 9.17) is 0 Å². The third-order valence-electron chi connectivity index (χ3n) is 1.81. The topological polar surface area (TPSA) is 49.9 Å². The fourth-order valence-electron chi connectivity index (χ4n) is 1.18. The Hall–Kier alpha value is -1.36. The van der Waals surface area contributed by atoms with Crippen molar-refractivity contribution in [2.75, 3.05) is 0 Å². The Morgan fingerprint density at radius 2 is 2.00 bits per heavy atom. The van der Waals surface area contributed by atoms with E-state index in [2.05, 4.69) is 4.98 Å². The predicted molar refractivity (Wildman–Crippen MR) is 46.6 cm³/mol. The third kappa shape index (κ3) is 1.42. The molecule has 0 radical (unpaired) electrons. The van der Waals surface area contributed by atoms with Crippen molar-refractivity contribution in [1.29, 1.82) is 0 Å². The van der Waals surface area contributed by atoms with Gasteiger partial charge < -0.3 is 4.98 Å². The summed E-state index contributed by atoms with van der Waals surface area (Å²) in [7, 11) is -4.59. The molecule has 0 aliphatic carbocycles. The molecule has 1 aromatic carbocycles. The van der Waals surface area contributed by atoms with Crippen LogP contribution in [0, 0.1) is 0 Å². The van der Waals surface area contributed by atoms with Crippen LogP contribution in [-0.4, -0.2) is 13.4 Å². The summed E-state index contributed by atoms with van der Waals surface area (Å²) < 4.78 is 33.5. The normalized spacial score (nSPS) is 12.1. The number of halogens is 1. The molecule has 5 heteroatoms. The SMILES string of the molecule is O=S(=O)(F)c1ccc2cc[nH]c2c1. The Bertz CT molecular complexity index is 544. The van der Waals surface area contributed by atoms with Gasteiger partial charge in [0.25, 0.3) is 0 Å². The van der Waals surface area contributed by atoms with Crippen LogP contribution in [0.2, 0.25) is 0 Å². The molecule has 68 valence electrons. The number of nitrogens with one attached hydrogen (secondary N) is 1. The molecule has 0 aliphatic rings. The van der Waals surface area contributed by atoms with Gasteiger partial charge in [-0.15, -0.1) is 3.89 Å². The fraction of sp³-hybridized carbons (Fsp3) is 0. The molecule has 1 heterocycles. The molecule has 0 spiro atoms. The van der Waals surface area contributed by atoms with Gasteiger partial charge in [0.05, 0.1) is 0 Å². The van der Waals surface area contributed by atoms with Crippen LogP contribution in [0.3, 0.4) is 0 Å². The van der Waals surface area contributed by atoms with Gasteiger partial charge in [0.1, 0.15) is 4.90 Å². The molecule has 2 aromatic rings. The van der Waals surface area contributed by atoms with Crippen molar-refractivity contribution >= 4 is 21.1 Å². The largest absolute Gasteiger partial charge is 0.361 e. The Morgan fingerprint density at radius 3 is 2.69 bits per heavy atom. The van der Waals surface area contributed by atoms with E-state index in [1.807, 2.05) is 0 Å². The molecule has 0 saturated heterocycles. The molecule has 0 fully saturated rings. The van der Waals surface area contributed by atoms with Gasteiger partial charge >= 0.3 is 10.2 Å². The molecule has 0 atom stereocenters. The number of benzene rings is 1. The minimum absolute atomic E-state index is 0.317. The van der Waals surface area contributed by atoms with Crippen molar-refractivity contribution in [3.8, 4) is 0 Å². The molecular weight excluding hydrogens is 193 g/mol. The number of hydrogen-bond acceptors (Lipinski definition) is 2. The van der Waals surface area contributed by atoms with Gasteiger partial charge in [-0.1, -0.05) is 6.07 Å². The molecule has 3 nitrogen and oxygen atoms in total. The van der Waals surface area contributed by atoms with E-state index in [1.54, 1.807) is 18.3 Å². The molecule has 0 aliphatic heterocycles. The highest BCUT2D eigenvalue weighted by Gasteiger charge is 2.11. The van der Waals surface area contributed by atoms with E-state index in [9.17, 15) is 12.3 Å². The molecule has 1 aromatic heterocycles.